The summed E-state index contributed by atoms with van der Waals surface area (Å²) in [7, 11) is -4.92. The zero-order chi connectivity index (χ0) is 16.2. The molecule has 0 fully saturated rings. The Balaban J connectivity index is 2.09. The molecule has 0 aliphatic rings. The Labute approximate surface area is 128 Å². The molecule has 0 saturated carbocycles. The lowest BCUT2D eigenvalue weighted by Crippen LogP contribution is -2.27. The Morgan fingerprint density at radius 3 is 2.14 bits per heavy atom. The van der Waals surface area contributed by atoms with Crippen molar-refractivity contribution in [3.05, 3.63) is 71.4 Å². The molecule has 2 aromatic rings. The predicted molar refractivity (Wildman–Crippen MR) is 83.9 cm³/mol. The zero-order valence-electron chi connectivity index (χ0n) is 11.7. The molecule has 0 heterocycles. The lowest BCUT2D eigenvalue weighted by Gasteiger charge is -2.14. The molecule has 2 aromatic carbocycles. The average molecular weight is 321 g/mol. The number of nitrogens with two attached hydrogens (primary N) is 2. The molecule has 4 N–H and O–H groups in total. The molecule has 0 aliphatic heterocycles. The Morgan fingerprint density at radius 1 is 1.05 bits per heavy atom. The van der Waals surface area contributed by atoms with E-state index in [2.05, 4.69) is 0 Å². The van der Waals surface area contributed by atoms with E-state index in [0.717, 1.165) is 27.9 Å². The normalized spacial score (nSPS) is 12.2. The van der Waals surface area contributed by atoms with Crippen LogP contribution in [0, 0.1) is 0 Å². The van der Waals surface area contributed by atoms with Crippen LogP contribution in [0.5, 0.6) is 0 Å². The first-order valence-corrected chi connectivity index (χ1v) is 7.82. The fourth-order valence-electron chi connectivity index (χ4n) is 1.92. The van der Waals surface area contributed by atoms with E-state index in [1.165, 1.54) is 0 Å². The van der Waals surface area contributed by atoms with E-state index in [-0.39, 0.29) is 6.54 Å². The van der Waals surface area contributed by atoms with Gasteiger partial charge in [-0.1, -0.05) is 58.5 Å². The van der Waals surface area contributed by atoms with Gasteiger partial charge in [0.1, 0.15) is 0 Å². The number of rotatable bonds is 5. The van der Waals surface area contributed by atoms with Crippen LogP contribution >= 0.6 is 0 Å². The van der Waals surface area contributed by atoms with Crippen molar-refractivity contribution >= 4 is 10.2 Å². The number of hydrogen-bond donors (Lipinski definition) is 2. The number of halogens is 1. The number of hydrogen-bond acceptors (Lipinski definition) is 5. The molecule has 7 heteroatoms. The van der Waals surface area contributed by atoms with Crippen molar-refractivity contribution in [3.8, 4) is 11.1 Å². The molecule has 0 aliphatic carbocycles. The highest BCUT2D eigenvalue weighted by atomic mass is 32.3. The summed E-state index contributed by atoms with van der Waals surface area (Å²) in [4.78, 5) is 0. The van der Waals surface area contributed by atoms with E-state index >= 15 is 0 Å². The molecule has 0 bridgehead atoms. The first-order valence-electron chi connectivity index (χ1n) is 6.44. The topological polar surface area (TPSA) is 89.4 Å². The van der Waals surface area contributed by atoms with Crippen LogP contribution in [0.2, 0.25) is 0 Å². The van der Waals surface area contributed by atoms with E-state index in [0.29, 0.717) is 0 Å². The maximum absolute atomic E-state index is 12.6. The summed E-state index contributed by atoms with van der Waals surface area (Å²) in [6, 6.07) is 17.4. The summed E-state index contributed by atoms with van der Waals surface area (Å²) >= 11 is 0. The quantitative estimate of drug-likeness (QED) is 0.500. The summed E-state index contributed by atoms with van der Waals surface area (Å²) in [5.41, 5.74) is 8.06. The van der Waals surface area contributed by atoms with Crippen molar-refractivity contribution in [2.75, 3.05) is 0 Å². The highest BCUT2D eigenvalue weighted by Gasteiger charge is 2.12. The van der Waals surface area contributed by atoms with Gasteiger partial charge in [0.2, 0.25) is 0 Å². The molecular weight excluding hydrogens is 305 g/mol. The Bertz CT molecular complexity index is 759. The summed E-state index contributed by atoms with van der Waals surface area (Å²) in [5, 5.41) is 0.0974. The van der Waals surface area contributed by atoms with Gasteiger partial charge in [0.25, 0.3) is 0 Å². The van der Waals surface area contributed by atoms with Gasteiger partial charge >= 0.3 is 10.2 Å². The summed E-state index contributed by atoms with van der Waals surface area (Å²) < 4.78 is 33.8. The lowest BCUT2D eigenvalue weighted by molar-refractivity contribution is 0.384. The summed E-state index contributed by atoms with van der Waals surface area (Å²) in [5.74, 6) is 5.60. The monoisotopic (exact) mass is 321 g/mol. The van der Waals surface area contributed by atoms with Crippen LogP contribution in [0.4, 0.5) is 3.89 Å². The van der Waals surface area contributed by atoms with Gasteiger partial charge in [-0.2, -0.15) is 8.42 Å². The Morgan fingerprint density at radius 2 is 1.59 bits per heavy atom. The molecule has 5 nitrogen and oxygen atoms in total. The molecule has 0 atom stereocenters. The predicted octanol–water partition coefficient (Wildman–Crippen LogP) is 2.09. The first kappa shape index (κ1) is 16.0. The standard InChI is InChI=1S/C15H16FN3O2S/c16-22(20,21)15(17)11-19(18)10-12-6-8-14(9-7-12)13-4-2-1-3-5-13/h1-9,11H,10,17-18H2/b15-11+. The minimum Gasteiger partial charge on any atom is -0.386 e. The van der Waals surface area contributed by atoms with Gasteiger partial charge < -0.3 is 10.7 Å². The van der Waals surface area contributed by atoms with Crippen LogP contribution in [-0.4, -0.2) is 13.4 Å². The SMILES string of the molecule is N/C(=C\N(N)Cc1ccc(-c2ccccc2)cc1)S(=O)(=O)F. The zero-order valence-corrected chi connectivity index (χ0v) is 12.5. The highest BCUT2D eigenvalue weighted by molar-refractivity contribution is 7.90. The number of hydrazine groups is 1. The number of nitrogens with zero attached hydrogens (tertiary/aromatic N) is 1. The first-order chi connectivity index (χ1) is 10.4. The second-order valence-corrected chi connectivity index (χ2v) is 6.05. The average Bonchev–Trinajstić information content (AvgIpc) is 2.48. The van der Waals surface area contributed by atoms with Crippen LogP contribution < -0.4 is 11.6 Å². The molecule has 0 radical (unpaired) electrons. The smallest absolute Gasteiger partial charge is 0.348 e. The third kappa shape index (κ3) is 4.31. The third-order valence-corrected chi connectivity index (χ3v) is 3.67. The van der Waals surface area contributed by atoms with Crippen LogP contribution in [0.1, 0.15) is 5.56 Å². The molecule has 0 spiro atoms. The van der Waals surface area contributed by atoms with Crippen LogP contribution in [-0.2, 0) is 16.8 Å². The Kier molecular flexibility index (Phi) is 4.79. The second-order valence-electron chi connectivity index (χ2n) is 4.70. The third-order valence-electron chi connectivity index (χ3n) is 3.00. The largest absolute Gasteiger partial charge is 0.386 e. The van der Waals surface area contributed by atoms with Gasteiger partial charge in [-0.3, -0.25) is 0 Å². The van der Waals surface area contributed by atoms with Gasteiger partial charge in [0, 0.05) is 0 Å². The van der Waals surface area contributed by atoms with Crippen molar-refractivity contribution in [1.29, 1.82) is 0 Å². The van der Waals surface area contributed by atoms with Gasteiger partial charge in [0.15, 0.2) is 5.03 Å². The van der Waals surface area contributed by atoms with Crippen molar-refractivity contribution < 1.29 is 12.3 Å². The van der Waals surface area contributed by atoms with Gasteiger partial charge in [-0.25, -0.2) is 5.84 Å². The van der Waals surface area contributed by atoms with E-state index in [4.69, 9.17) is 11.6 Å². The van der Waals surface area contributed by atoms with Crippen molar-refractivity contribution in [2.24, 2.45) is 11.6 Å². The maximum Gasteiger partial charge on any atom is 0.348 e. The fourth-order valence-corrected chi connectivity index (χ4v) is 2.18. The number of benzene rings is 2. The van der Waals surface area contributed by atoms with Crippen LogP contribution in [0.3, 0.4) is 0 Å². The van der Waals surface area contributed by atoms with E-state index in [9.17, 15) is 12.3 Å². The van der Waals surface area contributed by atoms with Gasteiger partial charge in [0.05, 0.1) is 12.7 Å². The molecular formula is C15H16FN3O2S. The van der Waals surface area contributed by atoms with E-state index < -0.39 is 15.3 Å². The summed E-state index contributed by atoms with van der Waals surface area (Å²) in [6.07, 6.45) is 0.848. The molecule has 0 saturated heterocycles. The minimum atomic E-state index is -4.92. The van der Waals surface area contributed by atoms with Gasteiger partial charge in [-0.05, 0) is 16.7 Å². The molecule has 0 amide bonds. The second kappa shape index (κ2) is 6.59. The van der Waals surface area contributed by atoms with Crippen molar-refractivity contribution in [2.45, 2.75) is 6.54 Å². The van der Waals surface area contributed by atoms with Crippen LogP contribution in [0.15, 0.2) is 65.8 Å². The van der Waals surface area contributed by atoms with E-state index in [1.807, 2.05) is 54.6 Å². The molecule has 2 rings (SSSR count). The maximum atomic E-state index is 12.6. The molecule has 22 heavy (non-hydrogen) atoms. The fraction of sp³-hybridized carbons (Fsp3) is 0.0667. The lowest BCUT2D eigenvalue weighted by atomic mass is 10.0. The van der Waals surface area contributed by atoms with Crippen molar-refractivity contribution in [1.82, 2.24) is 5.01 Å². The Hall–Kier alpha value is -2.38. The van der Waals surface area contributed by atoms with Crippen molar-refractivity contribution in [3.63, 3.8) is 0 Å². The molecule has 0 aromatic heterocycles. The highest BCUT2D eigenvalue weighted by Crippen LogP contribution is 2.19. The summed E-state index contributed by atoms with van der Waals surface area (Å²) in [6.45, 7) is 0.200. The van der Waals surface area contributed by atoms with Gasteiger partial charge in [-0.15, -0.1) is 0 Å². The van der Waals surface area contributed by atoms with Crippen LogP contribution in [0.25, 0.3) is 11.1 Å². The minimum absolute atomic E-state index is 0.200. The van der Waals surface area contributed by atoms with E-state index in [1.54, 1.807) is 0 Å². The molecule has 0 unspecified atom stereocenters. The molecule has 116 valence electrons.